The molecule has 3 nitrogen and oxygen atoms in total. The van der Waals surface area contributed by atoms with Crippen molar-refractivity contribution in [2.45, 2.75) is 12.8 Å². The molecule has 18 heavy (non-hydrogen) atoms. The number of carbonyl (C=O) groups excluding carboxylic acids is 2. The Kier molecular flexibility index (Phi) is 5.58. The van der Waals surface area contributed by atoms with Crippen molar-refractivity contribution in [3.63, 3.8) is 0 Å². The summed E-state index contributed by atoms with van der Waals surface area (Å²) in [6, 6.07) is 6.45. The van der Waals surface area contributed by atoms with Crippen LogP contribution in [0.5, 0.6) is 0 Å². The standard InChI is InChI=1S/C15H16O3/c1-3-5-6-14(16)12-7-9-13(10-8-12)15(17)18-11-4-2/h3-4,7-10H,1-2,5-6,11H2. The van der Waals surface area contributed by atoms with Crippen molar-refractivity contribution in [1.82, 2.24) is 0 Å². The first-order valence-electron chi connectivity index (χ1n) is 5.71. The van der Waals surface area contributed by atoms with Gasteiger partial charge in [0, 0.05) is 12.0 Å². The molecule has 0 radical (unpaired) electrons. The maximum absolute atomic E-state index is 11.7. The van der Waals surface area contributed by atoms with Crippen LogP contribution in [-0.4, -0.2) is 18.4 Å². The van der Waals surface area contributed by atoms with Crippen LogP contribution in [0.25, 0.3) is 0 Å². The predicted octanol–water partition coefficient (Wildman–Crippen LogP) is 3.18. The van der Waals surface area contributed by atoms with Gasteiger partial charge in [-0.2, -0.15) is 0 Å². The van der Waals surface area contributed by atoms with Gasteiger partial charge in [0.15, 0.2) is 5.78 Å². The number of carbonyl (C=O) groups is 2. The largest absolute Gasteiger partial charge is 0.458 e. The molecule has 0 aliphatic carbocycles. The van der Waals surface area contributed by atoms with Gasteiger partial charge in [0.1, 0.15) is 6.61 Å². The van der Waals surface area contributed by atoms with Crippen molar-refractivity contribution in [3.8, 4) is 0 Å². The Morgan fingerprint density at radius 2 is 1.67 bits per heavy atom. The quantitative estimate of drug-likeness (QED) is 0.420. The fourth-order valence-electron chi connectivity index (χ4n) is 1.39. The summed E-state index contributed by atoms with van der Waals surface area (Å²) in [6.07, 6.45) is 4.30. The average molecular weight is 244 g/mol. The fraction of sp³-hybridized carbons (Fsp3) is 0.200. The Hall–Kier alpha value is -2.16. The first kappa shape index (κ1) is 13.9. The number of esters is 1. The number of rotatable bonds is 7. The first-order valence-corrected chi connectivity index (χ1v) is 5.71. The van der Waals surface area contributed by atoms with Crippen molar-refractivity contribution < 1.29 is 14.3 Å². The minimum atomic E-state index is -0.417. The molecule has 0 spiro atoms. The van der Waals surface area contributed by atoms with Gasteiger partial charge in [-0.1, -0.05) is 30.9 Å². The number of allylic oxidation sites excluding steroid dienone is 1. The van der Waals surface area contributed by atoms with Gasteiger partial charge in [-0.15, -0.1) is 6.58 Å². The van der Waals surface area contributed by atoms with Crippen LogP contribution in [0.3, 0.4) is 0 Å². The molecule has 1 rings (SSSR count). The normalized spacial score (nSPS) is 9.56. The van der Waals surface area contributed by atoms with Crippen LogP contribution in [0.1, 0.15) is 33.6 Å². The maximum atomic E-state index is 11.7. The summed E-state index contributed by atoms with van der Waals surface area (Å²) in [6.45, 7) is 7.21. The zero-order valence-corrected chi connectivity index (χ0v) is 10.2. The molecule has 0 atom stereocenters. The van der Waals surface area contributed by atoms with Gasteiger partial charge < -0.3 is 4.74 Å². The van der Waals surface area contributed by atoms with E-state index in [0.29, 0.717) is 24.0 Å². The van der Waals surface area contributed by atoms with Crippen LogP contribution in [0.2, 0.25) is 0 Å². The molecule has 1 aromatic carbocycles. The van der Waals surface area contributed by atoms with Gasteiger partial charge in [0.2, 0.25) is 0 Å². The summed E-state index contributed by atoms with van der Waals surface area (Å²) in [5, 5.41) is 0. The summed E-state index contributed by atoms with van der Waals surface area (Å²) in [5.41, 5.74) is 1.02. The lowest BCUT2D eigenvalue weighted by Gasteiger charge is -2.03. The Balaban J connectivity index is 2.67. The van der Waals surface area contributed by atoms with Gasteiger partial charge >= 0.3 is 5.97 Å². The molecular formula is C15H16O3. The third kappa shape index (κ3) is 4.01. The molecule has 94 valence electrons. The highest BCUT2D eigenvalue weighted by atomic mass is 16.5. The SMILES string of the molecule is C=CCCC(=O)c1ccc(C(=O)OCC=C)cc1. The van der Waals surface area contributed by atoms with E-state index < -0.39 is 5.97 Å². The molecule has 0 amide bonds. The molecule has 0 heterocycles. The van der Waals surface area contributed by atoms with E-state index in [1.54, 1.807) is 30.3 Å². The van der Waals surface area contributed by atoms with E-state index in [-0.39, 0.29) is 12.4 Å². The van der Waals surface area contributed by atoms with E-state index in [2.05, 4.69) is 13.2 Å². The molecule has 0 aliphatic rings. The number of Topliss-reactive ketones (excluding diaryl/α,β-unsaturated/α-hetero) is 1. The zero-order chi connectivity index (χ0) is 13.4. The van der Waals surface area contributed by atoms with E-state index >= 15 is 0 Å². The summed E-state index contributed by atoms with van der Waals surface area (Å²) in [7, 11) is 0. The van der Waals surface area contributed by atoms with Crippen LogP contribution in [0.15, 0.2) is 49.6 Å². The highest BCUT2D eigenvalue weighted by Crippen LogP contribution is 2.09. The third-order valence-corrected chi connectivity index (χ3v) is 2.35. The second-order valence-corrected chi connectivity index (χ2v) is 3.72. The average Bonchev–Trinajstić information content (AvgIpc) is 2.42. The minimum Gasteiger partial charge on any atom is -0.458 e. The van der Waals surface area contributed by atoms with E-state index in [1.165, 1.54) is 6.08 Å². The minimum absolute atomic E-state index is 0.0425. The summed E-state index contributed by atoms with van der Waals surface area (Å²) < 4.78 is 4.89. The molecule has 0 aromatic heterocycles. The van der Waals surface area contributed by atoms with Crippen LogP contribution in [0.4, 0.5) is 0 Å². The van der Waals surface area contributed by atoms with Crippen molar-refractivity contribution in [2.24, 2.45) is 0 Å². The van der Waals surface area contributed by atoms with E-state index in [1.807, 2.05) is 0 Å². The third-order valence-electron chi connectivity index (χ3n) is 2.35. The van der Waals surface area contributed by atoms with Crippen molar-refractivity contribution >= 4 is 11.8 Å². The lowest BCUT2D eigenvalue weighted by Crippen LogP contribution is -2.06. The molecule has 0 saturated carbocycles. The molecule has 0 fully saturated rings. The Labute approximate surface area is 107 Å². The predicted molar refractivity (Wildman–Crippen MR) is 70.7 cm³/mol. The number of hydrogen-bond donors (Lipinski definition) is 0. The molecule has 0 N–H and O–H groups in total. The van der Waals surface area contributed by atoms with Gasteiger partial charge in [-0.25, -0.2) is 4.79 Å². The number of ketones is 1. The molecule has 1 aromatic rings. The zero-order valence-electron chi connectivity index (χ0n) is 10.2. The molecule has 3 heteroatoms. The van der Waals surface area contributed by atoms with Gasteiger partial charge in [-0.05, 0) is 18.6 Å². The van der Waals surface area contributed by atoms with Gasteiger partial charge in [0.05, 0.1) is 5.56 Å². The van der Waals surface area contributed by atoms with Gasteiger partial charge in [0.25, 0.3) is 0 Å². The second kappa shape index (κ2) is 7.22. The maximum Gasteiger partial charge on any atom is 0.338 e. The molecule has 0 bridgehead atoms. The molecule has 0 unspecified atom stereocenters. The molecule has 0 aliphatic heterocycles. The topological polar surface area (TPSA) is 43.4 Å². The van der Waals surface area contributed by atoms with Gasteiger partial charge in [-0.3, -0.25) is 4.79 Å². The summed E-state index contributed by atoms with van der Waals surface area (Å²) in [4.78, 5) is 23.2. The van der Waals surface area contributed by atoms with E-state index in [4.69, 9.17) is 4.74 Å². The monoisotopic (exact) mass is 244 g/mol. The molecular weight excluding hydrogens is 228 g/mol. The van der Waals surface area contributed by atoms with Crippen LogP contribution in [-0.2, 0) is 4.74 Å². The van der Waals surface area contributed by atoms with Crippen molar-refractivity contribution in [1.29, 1.82) is 0 Å². The molecule has 0 saturated heterocycles. The number of ether oxygens (including phenoxy) is 1. The van der Waals surface area contributed by atoms with E-state index in [9.17, 15) is 9.59 Å². The first-order chi connectivity index (χ1) is 8.69. The summed E-state index contributed by atoms with van der Waals surface area (Å²) >= 11 is 0. The Bertz CT molecular complexity index is 400. The lowest BCUT2D eigenvalue weighted by atomic mass is 10.0. The Morgan fingerprint density at radius 1 is 1.06 bits per heavy atom. The van der Waals surface area contributed by atoms with Crippen LogP contribution < -0.4 is 0 Å². The fourth-order valence-corrected chi connectivity index (χ4v) is 1.39. The number of benzene rings is 1. The van der Waals surface area contributed by atoms with Crippen LogP contribution in [0, 0.1) is 0 Å². The Morgan fingerprint density at radius 3 is 2.22 bits per heavy atom. The highest BCUT2D eigenvalue weighted by molar-refractivity contribution is 5.97. The number of hydrogen-bond acceptors (Lipinski definition) is 3. The smallest absolute Gasteiger partial charge is 0.338 e. The van der Waals surface area contributed by atoms with Crippen molar-refractivity contribution in [3.05, 3.63) is 60.7 Å². The lowest BCUT2D eigenvalue weighted by molar-refractivity contribution is 0.0549. The van der Waals surface area contributed by atoms with Crippen LogP contribution >= 0.6 is 0 Å². The highest BCUT2D eigenvalue weighted by Gasteiger charge is 2.08. The second-order valence-electron chi connectivity index (χ2n) is 3.72. The summed E-state index contributed by atoms with van der Waals surface area (Å²) in [5.74, 6) is -0.374. The van der Waals surface area contributed by atoms with E-state index in [0.717, 1.165) is 0 Å². The van der Waals surface area contributed by atoms with Crippen molar-refractivity contribution in [2.75, 3.05) is 6.61 Å².